The Morgan fingerprint density at radius 3 is 1.36 bits per heavy atom. The molecule has 2 nitrogen and oxygen atoms in total. The van der Waals surface area contributed by atoms with E-state index in [1.54, 1.807) is 13.8 Å². The molecule has 2 atom stereocenters. The summed E-state index contributed by atoms with van der Waals surface area (Å²) in [7, 11) is 0. The molecule has 0 aromatic heterocycles. The van der Waals surface area contributed by atoms with Crippen LogP contribution in [0.15, 0.2) is 46.6 Å². The van der Waals surface area contributed by atoms with Gasteiger partial charge in [-0.1, -0.05) is 75.0 Å². The standard InChI is InChI=1S/2C15H22O.Ac/c2*1-6-15(5,16)11-9-13-12(2)8-7-10-14(13,3)4;/h2*1,8-9,16H,7,10-11H2,2-5H3;. The molecule has 0 saturated carbocycles. The molecule has 3 heteroatoms. The van der Waals surface area contributed by atoms with Crippen molar-refractivity contribution in [2.75, 3.05) is 0 Å². The van der Waals surface area contributed by atoms with Crippen LogP contribution in [0, 0.1) is 79.6 Å². The fourth-order valence-electron chi connectivity index (χ4n) is 4.45. The molecule has 0 heterocycles. The predicted molar refractivity (Wildman–Crippen MR) is 138 cm³/mol. The molecular weight excluding hydrogens is 619 g/mol. The van der Waals surface area contributed by atoms with Gasteiger partial charge >= 0.3 is 0 Å². The Bertz CT molecular complexity index is 803. The summed E-state index contributed by atoms with van der Waals surface area (Å²) in [5.41, 5.74) is 3.64. The maximum absolute atomic E-state index is 9.81. The van der Waals surface area contributed by atoms with Crippen LogP contribution in [0.5, 0.6) is 0 Å². The normalized spacial score (nSPS) is 25.0. The Labute approximate surface area is 239 Å². The molecule has 2 aliphatic rings. The number of terminal acetylenes is 2. The van der Waals surface area contributed by atoms with E-state index in [0.717, 1.165) is 25.7 Å². The third-order valence-electron chi connectivity index (χ3n) is 6.78. The van der Waals surface area contributed by atoms with E-state index in [-0.39, 0.29) is 54.9 Å². The van der Waals surface area contributed by atoms with Crippen molar-refractivity contribution >= 4 is 0 Å². The molecular formula is C30H44AcO2. The maximum Gasteiger partial charge on any atom is 0.125 e. The average Bonchev–Trinajstić information content (AvgIpc) is 2.66. The van der Waals surface area contributed by atoms with Crippen LogP contribution in [0.3, 0.4) is 0 Å². The van der Waals surface area contributed by atoms with Gasteiger partial charge < -0.3 is 10.2 Å². The van der Waals surface area contributed by atoms with Gasteiger partial charge in [0.15, 0.2) is 0 Å². The Hall–Kier alpha value is -0.558. The monoisotopic (exact) mass is 663 g/mol. The van der Waals surface area contributed by atoms with Gasteiger partial charge in [0.2, 0.25) is 0 Å². The third kappa shape index (κ3) is 10.3. The molecule has 2 aliphatic carbocycles. The second-order valence-electron chi connectivity index (χ2n) is 11.1. The SMILES string of the molecule is C#CC(C)(O)CC=C1C(C)=CCCC1(C)C.C#CC(C)(O)CC=C1C(C)=CCCC1(C)C.[Ac]. The van der Waals surface area contributed by atoms with Crippen molar-refractivity contribution in [3.63, 3.8) is 0 Å². The van der Waals surface area contributed by atoms with Crippen LogP contribution in [0.2, 0.25) is 0 Å². The first-order chi connectivity index (χ1) is 14.6. The third-order valence-corrected chi connectivity index (χ3v) is 6.78. The first-order valence-electron chi connectivity index (χ1n) is 11.7. The van der Waals surface area contributed by atoms with Crippen LogP contribution in [0.25, 0.3) is 0 Å². The second-order valence-corrected chi connectivity index (χ2v) is 11.1. The molecule has 0 aliphatic heterocycles. The van der Waals surface area contributed by atoms with Crippen molar-refractivity contribution in [1.82, 2.24) is 0 Å². The molecule has 0 amide bonds. The fourth-order valence-corrected chi connectivity index (χ4v) is 4.45. The van der Waals surface area contributed by atoms with Crippen molar-refractivity contribution in [3.05, 3.63) is 46.6 Å². The van der Waals surface area contributed by atoms with E-state index in [1.165, 1.54) is 22.3 Å². The number of hydrogen-bond donors (Lipinski definition) is 2. The number of rotatable bonds is 4. The summed E-state index contributed by atoms with van der Waals surface area (Å²) in [6.45, 7) is 16.6. The van der Waals surface area contributed by atoms with E-state index in [9.17, 15) is 10.2 Å². The summed E-state index contributed by atoms with van der Waals surface area (Å²) < 4.78 is 0. The molecule has 1 radical (unpaired) electrons. The maximum atomic E-state index is 9.81. The quantitative estimate of drug-likeness (QED) is 0.322. The topological polar surface area (TPSA) is 40.5 Å². The van der Waals surface area contributed by atoms with Gasteiger partial charge in [-0.15, -0.1) is 12.8 Å². The zero-order valence-corrected chi connectivity index (χ0v) is 26.9. The van der Waals surface area contributed by atoms with Gasteiger partial charge in [-0.3, -0.25) is 0 Å². The minimum absolute atomic E-state index is 0. The predicted octanol–water partition coefficient (Wildman–Crippen LogP) is 6.91. The van der Waals surface area contributed by atoms with Crippen molar-refractivity contribution in [2.45, 2.75) is 105 Å². The van der Waals surface area contributed by atoms with Gasteiger partial charge in [-0.25, -0.2) is 0 Å². The molecule has 179 valence electrons. The minimum atomic E-state index is -1.03. The minimum Gasteiger partial charge on any atom is -0.378 e. The molecule has 2 rings (SSSR count). The molecule has 0 aromatic rings. The Kier molecular flexibility index (Phi) is 12.7. The van der Waals surface area contributed by atoms with E-state index < -0.39 is 11.2 Å². The average molecular weight is 664 g/mol. The molecule has 0 saturated heterocycles. The van der Waals surface area contributed by atoms with E-state index in [4.69, 9.17) is 12.8 Å². The van der Waals surface area contributed by atoms with E-state index >= 15 is 0 Å². The van der Waals surface area contributed by atoms with Crippen molar-refractivity contribution in [3.8, 4) is 24.7 Å². The van der Waals surface area contributed by atoms with E-state index in [1.807, 2.05) is 0 Å². The van der Waals surface area contributed by atoms with Crippen molar-refractivity contribution in [1.29, 1.82) is 0 Å². The van der Waals surface area contributed by atoms with Gasteiger partial charge in [0.1, 0.15) is 11.2 Å². The molecule has 0 aromatic carbocycles. The first kappa shape index (κ1) is 32.4. The van der Waals surface area contributed by atoms with Crippen molar-refractivity contribution < 1.29 is 54.3 Å². The Balaban J connectivity index is 0.000000602. The van der Waals surface area contributed by atoms with E-state index in [2.05, 4.69) is 77.7 Å². The largest absolute Gasteiger partial charge is 0.378 e. The molecule has 0 fully saturated rings. The zero-order valence-electron chi connectivity index (χ0n) is 22.2. The van der Waals surface area contributed by atoms with Gasteiger partial charge in [0.05, 0.1) is 0 Å². The number of hydrogen-bond acceptors (Lipinski definition) is 2. The second kappa shape index (κ2) is 12.9. The van der Waals surface area contributed by atoms with Gasteiger partial charge in [-0.2, -0.15) is 0 Å². The summed E-state index contributed by atoms with van der Waals surface area (Å²) in [5, 5.41) is 19.6. The van der Waals surface area contributed by atoms with Crippen LogP contribution < -0.4 is 0 Å². The van der Waals surface area contributed by atoms with Crippen molar-refractivity contribution in [2.24, 2.45) is 10.8 Å². The number of allylic oxidation sites excluding steroid dienone is 6. The molecule has 2 unspecified atom stereocenters. The van der Waals surface area contributed by atoms with Crippen LogP contribution in [0.4, 0.5) is 0 Å². The molecule has 0 spiro atoms. The summed E-state index contributed by atoms with van der Waals surface area (Å²) in [6.07, 6.45) is 24.9. The molecule has 0 bridgehead atoms. The van der Waals surface area contributed by atoms with Crippen LogP contribution in [0.1, 0.15) is 93.9 Å². The van der Waals surface area contributed by atoms with Gasteiger partial charge in [-0.05, 0) is 75.4 Å². The Morgan fingerprint density at radius 1 is 0.818 bits per heavy atom. The van der Waals surface area contributed by atoms with Gasteiger partial charge in [0, 0.05) is 56.9 Å². The van der Waals surface area contributed by atoms with Gasteiger partial charge in [0.25, 0.3) is 0 Å². The summed E-state index contributed by atoms with van der Waals surface area (Å²) in [6, 6.07) is 0. The summed E-state index contributed by atoms with van der Waals surface area (Å²) in [5.74, 6) is 4.83. The molecule has 33 heavy (non-hydrogen) atoms. The van der Waals surface area contributed by atoms with Crippen LogP contribution in [-0.2, 0) is 0 Å². The fraction of sp³-hybridized carbons (Fsp3) is 0.600. The smallest absolute Gasteiger partial charge is 0.125 e. The van der Waals surface area contributed by atoms with Crippen LogP contribution in [-0.4, -0.2) is 21.4 Å². The molecule has 2 N–H and O–H groups in total. The number of aliphatic hydroxyl groups is 2. The van der Waals surface area contributed by atoms with Crippen LogP contribution >= 0.6 is 0 Å². The zero-order chi connectivity index (χ0) is 24.8. The van der Waals surface area contributed by atoms with E-state index in [0.29, 0.717) is 12.8 Å². The summed E-state index contributed by atoms with van der Waals surface area (Å²) >= 11 is 0. The first-order valence-corrected chi connectivity index (χ1v) is 11.7. The summed E-state index contributed by atoms with van der Waals surface area (Å²) in [4.78, 5) is 0. The Morgan fingerprint density at radius 2 is 1.12 bits per heavy atom.